The van der Waals surface area contributed by atoms with E-state index < -0.39 is 6.10 Å². The zero-order chi connectivity index (χ0) is 22.2. The van der Waals surface area contributed by atoms with Crippen LogP contribution in [0.1, 0.15) is 56.6 Å². The average Bonchev–Trinajstić information content (AvgIpc) is 3.34. The fourth-order valence-corrected chi connectivity index (χ4v) is 5.37. The Bertz CT molecular complexity index is 733. The van der Waals surface area contributed by atoms with Crippen LogP contribution < -0.4 is 5.32 Å². The van der Waals surface area contributed by atoms with Crippen molar-refractivity contribution in [3.8, 4) is 0 Å². The molecule has 0 aromatic heterocycles. The molecule has 6 nitrogen and oxygen atoms in total. The van der Waals surface area contributed by atoms with Crippen LogP contribution in [0.3, 0.4) is 0 Å². The van der Waals surface area contributed by atoms with E-state index in [0.717, 1.165) is 70.5 Å². The summed E-state index contributed by atoms with van der Waals surface area (Å²) in [5.74, 6) is 1.73. The van der Waals surface area contributed by atoms with Crippen LogP contribution in [0.15, 0.2) is 29.3 Å². The van der Waals surface area contributed by atoms with Gasteiger partial charge in [-0.2, -0.15) is 0 Å². The van der Waals surface area contributed by atoms with Crippen LogP contribution in [0, 0.1) is 5.92 Å². The normalized spacial score (nSPS) is 21.5. The number of fused-ring (bicyclic) bond motifs is 1. The summed E-state index contributed by atoms with van der Waals surface area (Å²) in [6.45, 7) is 8.89. The van der Waals surface area contributed by atoms with Gasteiger partial charge in [-0.3, -0.25) is 9.89 Å². The Morgan fingerprint density at radius 3 is 2.58 bits per heavy atom. The number of likely N-dealkylation sites (tertiary alicyclic amines) is 1. The number of piperidine rings is 1. The number of ether oxygens (including phenoxy) is 1. The monoisotopic (exact) mass is 570 g/mol. The lowest BCUT2D eigenvalue weighted by molar-refractivity contribution is 0.000964. The van der Waals surface area contributed by atoms with E-state index in [1.54, 1.807) is 0 Å². The molecule has 2 heterocycles. The Balaban J connectivity index is 0.00000306. The lowest BCUT2D eigenvalue weighted by Gasteiger charge is -2.35. The molecule has 1 unspecified atom stereocenters. The third-order valence-corrected chi connectivity index (χ3v) is 7.25. The second-order valence-corrected chi connectivity index (χ2v) is 9.77. The number of hydrogen-bond donors (Lipinski definition) is 2. The highest BCUT2D eigenvalue weighted by atomic mass is 127. The van der Waals surface area contributed by atoms with Crippen molar-refractivity contribution < 1.29 is 9.84 Å². The summed E-state index contributed by atoms with van der Waals surface area (Å²) in [5, 5.41) is 14.1. The highest BCUT2D eigenvalue weighted by Gasteiger charge is 2.24. The number of nitrogens with zero attached hydrogens (tertiary/aromatic N) is 3. The molecular weight excluding hydrogens is 527 g/mol. The number of nitrogens with one attached hydrogen (secondary N) is 1. The Hall–Kier alpha value is -0.900. The van der Waals surface area contributed by atoms with Crippen molar-refractivity contribution in [2.75, 3.05) is 45.9 Å². The van der Waals surface area contributed by atoms with Crippen molar-refractivity contribution in [1.82, 2.24) is 15.1 Å². The van der Waals surface area contributed by atoms with Gasteiger partial charge in [0, 0.05) is 45.9 Å². The van der Waals surface area contributed by atoms with Gasteiger partial charge >= 0.3 is 0 Å². The number of hydrogen-bond acceptors (Lipinski definition) is 4. The molecule has 1 aromatic rings. The number of rotatable bonds is 8. The highest BCUT2D eigenvalue weighted by molar-refractivity contribution is 14.0. The minimum Gasteiger partial charge on any atom is -0.390 e. The van der Waals surface area contributed by atoms with Gasteiger partial charge in [-0.25, -0.2) is 0 Å². The fraction of sp³-hybridized carbons (Fsp3) is 0.731. The summed E-state index contributed by atoms with van der Waals surface area (Å²) in [6, 6.07) is 8.65. The minimum atomic E-state index is -0.443. The molecule has 0 bridgehead atoms. The molecule has 1 aliphatic carbocycles. The average molecular weight is 571 g/mol. The highest BCUT2D eigenvalue weighted by Crippen LogP contribution is 2.26. The van der Waals surface area contributed by atoms with Gasteiger partial charge in [0.1, 0.15) is 0 Å². The first-order valence-corrected chi connectivity index (χ1v) is 12.8. The molecule has 7 heteroatoms. The van der Waals surface area contributed by atoms with E-state index >= 15 is 0 Å². The minimum absolute atomic E-state index is 0. The van der Waals surface area contributed by atoms with Gasteiger partial charge in [-0.1, -0.05) is 37.1 Å². The Labute approximate surface area is 217 Å². The van der Waals surface area contributed by atoms with Crippen LogP contribution in [0.25, 0.3) is 0 Å². The lowest BCUT2D eigenvalue weighted by atomic mass is 10.00. The van der Waals surface area contributed by atoms with E-state index in [9.17, 15) is 5.11 Å². The molecule has 1 aromatic carbocycles. The molecule has 0 radical (unpaired) electrons. The van der Waals surface area contributed by atoms with E-state index in [1.165, 1.54) is 36.8 Å². The van der Waals surface area contributed by atoms with Crippen molar-refractivity contribution in [2.24, 2.45) is 10.9 Å². The fourth-order valence-electron chi connectivity index (χ4n) is 5.37. The smallest absolute Gasteiger partial charge is 0.194 e. The van der Waals surface area contributed by atoms with Gasteiger partial charge < -0.3 is 20.1 Å². The van der Waals surface area contributed by atoms with Gasteiger partial charge in [-0.05, 0) is 56.1 Å². The number of guanidine groups is 1. The number of benzene rings is 1. The number of halogens is 1. The lowest BCUT2D eigenvalue weighted by Crippen LogP contribution is -2.47. The number of aliphatic hydroxyl groups excluding tert-OH is 1. The molecule has 0 spiro atoms. The van der Waals surface area contributed by atoms with Gasteiger partial charge in [0.05, 0.1) is 18.8 Å². The molecule has 33 heavy (non-hydrogen) atoms. The molecule has 2 N–H and O–H groups in total. The maximum Gasteiger partial charge on any atom is 0.194 e. The first-order valence-electron chi connectivity index (χ1n) is 12.8. The molecule has 3 aliphatic rings. The summed E-state index contributed by atoms with van der Waals surface area (Å²) >= 11 is 0. The Kier molecular flexibility index (Phi) is 11.2. The molecule has 1 saturated heterocycles. The zero-order valence-corrected chi connectivity index (χ0v) is 22.6. The zero-order valence-electron chi connectivity index (χ0n) is 20.3. The van der Waals surface area contributed by atoms with Crippen LogP contribution in [0.4, 0.5) is 0 Å². The molecular formula is C26H43IN4O2. The predicted octanol–water partition coefficient (Wildman–Crippen LogP) is 3.66. The third kappa shape index (κ3) is 8.08. The standard InChI is InChI=1S/C26H42N4O2.HI/c1-2-27-26(30-15-12-25(13-16-30)32-20-21-7-3-4-8-21)28-17-24(31)19-29-14-11-22-9-5-6-10-23(22)18-29;/h5-6,9-10,21,24-25,31H,2-4,7-8,11-20H2,1H3,(H,27,28);1H. The first-order chi connectivity index (χ1) is 15.7. The molecule has 4 rings (SSSR count). The van der Waals surface area contributed by atoms with Crippen LogP contribution in [-0.4, -0.2) is 78.9 Å². The van der Waals surface area contributed by atoms with Crippen LogP contribution >= 0.6 is 24.0 Å². The first kappa shape index (κ1) is 26.7. The quantitative estimate of drug-likeness (QED) is 0.284. The van der Waals surface area contributed by atoms with E-state index in [0.29, 0.717) is 19.2 Å². The molecule has 186 valence electrons. The van der Waals surface area contributed by atoms with Crippen molar-refractivity contribution >= 4 is 29.9 Å². The van der Waals surface area contributed by atoms with Crippen molar-refractivity contribution in [1.29, 1.82) is 0 Å². The summed E-state index contributed by atoms with van der Waals surface area (Å²) in [7, 11) is 0. The third-order valence-electron chi connectivity index (χ3n) is 7.25. The molecule has 2 fully saturated rings. The largest absolute Gasteiger partial charge is 0.390 e. The SMILES string of the molecule is CCNC(=NCC(O)CN1CCc2ccccc2C1)N1CCC(OCC2CCCC2)CC1.I. The molecule has 2 aliphatic heterocycles. The van der Waals surface area contributed by atoms with Gasteiger partial charge in [0.25, 0.3) is 0 Å². The second kappa shape index (κ2) is 13.9. The maximum atomic E-state index is 10.7. The molecule has 1 saturated carbocycles. The second-order valence-electron chi connectivity index (χ2n) is 9.77. The van der Waals surface area contributed by atoms with Gasteiger partial charge in [0.15, 0.2) is 5.96 Å². The van der Waals surface area contributed by atoms with E-state index in [1.807, 2.05) is 0 Å². The summed E-state index contributed by atoms with van der Waals surface area (Å²) in [6.07, 6.45) is 8.60. The van der Waals surface area contributed by atoms with Crippen molar-refractivity contribution in [3.63, 3.8) is 0 Å². The van der Waals surface area contributed by atoms with E-state index in [-0.39, 0.29) is 24.0 Å². The van der Waals surface area contributed by atoms with Crippen LogP contribution in [0.2, 0.25) is 0 Å². The summed E-state index contributed by atoms with van der Waals surface area (Å²) < 4.78 is 6.23. The summed E-state index contributed by atoms with van der Waals surface area (Å²) in [4.78, 5) is 9.48. The molecule has 1 atom stereocenters. The maximum absolute atomic E-state index is 10.7. The van der Waals surface area contributed by atoms with Crippen LogP contribution in [0.5, 0.6) is 0 Å². The molecule has 0 amide bonds. The van der Waals surface area contributed by atoms with Crippen LogP contribution in [-0.2, 0) is 17.7 Å². The number of β-amino-alcohol motifs (C(OH)–C–C–N with tert-alkyl or cyclic N) is 1. The topological polar surface area (TPSA) is 60.3 Å². The van der Waals surface area contributed by atoms with Gasteiger partial charge in [0.2, 0.25) is 0 Å². The number of aliphatic imine (C=N–C) groups is 1. The Morgan fingerprint density at radius 2 is 1.85 bits per heavy atom. The van der Waals surface area contributed by atoms with E-state index in [4.69, 9.17) is 9.73 Å². The van der Waals surface area contributed by atoms with Crippen molar-refractivity contribution in [3.05, 3.63) is 35.4 Å². The predicted molar refractivity (Wildman–Crippen MR) is 145 cm³/mol. The number of aliphatic hydroxyl groups is 1. The van der Waals surface area contributed by atoms with E-state index in [2.05, 4.69) is 46.3 Å². The Morgan fingerprint density at radius 1 is 1.12 bits per heavy atom. The summed E-state index contributed by atoms with van der Waals surface area (Å²) in [5.41, 5.74) is 2.84. The van der Waals surface area contributed by atoms with Gasteiger partial charge in [-0.15, -0.1) is 24.0 Å². The van der Waals surface area contributed by atoms with Crippen molar-refractivity contribution in [2.45, 2.75) is 70.6 Å².